The molecule has 1 fully saturated rings. The van der Waals surface area contributed by atoms with Crippen molar-refractivity contribution in [2.24, 2.45) is 0 Å². The summed E-state index contributed by atoms with van der Waals surface area (Å²) < 4.78 is 5.27. The molecule has 4 rings (SSSR count). The lowest BCUT2D eigenvalue weighted by Gasteiger charge is -2.33. The van der Waals surface area contributed by atoms with Crippen molar-refractivity contribution in [2.75, 3.05) is 25.1 Å². The van der Waals surface area contributed by atoms with Gasteiger partial charge in [0.25, 0.3) is 5.91 Å². The molecule has 0 bridgehead atoms. The molecule has 0 aliphatic carbocycles. The van der Waals surface area contributed by atoms with Gasteiger partial charge >= 0.3 is 0 Å². The molecule has 1 aliphatic rings. The minimum Gasteiger partial charge on any atom is -0.497 e. The molecule has 3 heterocycles. The normalized spacial score (nSPS) is 14.9. The van der Waals surface area contributed by atoms with Crippen molar-refractivity contribution in [3.63, 3.8) is 0 Å². The van der Waals surface area contributed by atoms with Gasteiger partial charge in [0.2, 0.25) is 0 Å². The lowest BCUT2D eigenvalue weighted by molar-refractivity contribution is 0.0931. The van der Waals surface area contributed by atoms with E-state index in [9.17, 15) is 4.79 Å². The van der Waals surface area contributed by atoms with E-state index in [1.807, 2.05) is 18.2 Å². The molecule has 138 valence electrons. The zero-order chi connectivity index (χ0) is 18.6. The Bertz CT molecular complexity index is 937. The number of piperidine rings is 1. The minimum absolute atomic E-state index is 0.0337. The third-order valence-corrected chi connectivity index (χ3v) is 4.98. The van der Waals surface area contributed by atoms with Crippen LogP contribution in [-0.4, -0.2) is 42.1 Å². The fourth-order valence-corrected chi connectivity index (χ4v) is 3.42. The number of ether oxygens (including phenoxy) is 1. The van der Waals surface area contributed by atoms with Crippen molar-refractivity contribution in [1.82, 2.24) is 15.3 Å². The van der Waals surface area contributed by atoms with Crippen LogP contribution < -0.4 is 15.0 Å². The van der Waals surface area contributed by atoms with E-state index in [2.05, 4.69) is 27.3 Å². The maximum Gasteiger partial charge on any atom is 0.251 e. The molecule has 6 nitrogen and oxygen atoms in total. The predicted molar refractivity (Wildman–Crippen MR) is 105 cm³/mol. The van der Waals surface area contributed by atoms with Gasteiger partial charge in [-0.3, -0.25) is 9.78 Å². The van der Waals surface area contributed by atoms with Crippen LogP contribution >= 0.6 is 0 Å². The van der Waals surface area contributed by atoms with Crippen LogP contribution in [0.2, 0.25) is 0 Å². The topological polar surface area (TPSA) is 67.3 Å². The van der Waals surface area contributed by atoms with E-state index in [1.54, 1.807) is 31.6 Å². The Morgan fingerprint density at radius 2 is 1.89 bits per heavy atom. The molecule has 3 aromatic rings. The number of benzene rings is 1. The van der Waals surface area contributed by atoms with Gasteiger partial charge in [-0.05, 0) is 55.3 Å². The van der Waals surface area contributed by atoms with Crippen molar-refractivity contribution < 1.29 is 9.53 Å². The van der Waals surface area contributed by atoms with Gasteiger partial charge in [-0.1, -0.05) is 0 Å². The molecular weight excluding hydrogens is 340 g/mol. The highest BCUT2D eigenvalue weighted by Gasteiger charge is 2.22. The number of rotatable bonds is 4. The van der Waals surface area contributed by atoms with E-state index < -0.39 is 0 Å². The second-order valence-corrected chi connectivity index (χ2v) is 6.70. The van der Waals surface area contributed by atoms with Gasteiger partial charge in [-0.25, -0.2) is 4.98 Å². The molecule has 0 saturated carbocycles. The fourth-order valence-electron chi connectivity index (χ4n) is 3.42. The van der Waals surface area contributed by atoms with Crippen LogP contribution in [-0.2, 0) is 0 Å². The number of aromatic nitrogens is 2. The Morgan fingerprint density at radius 1 is 1.11 bits per heavy atom. The van der Waals surface area contributed by atoms with E-state index in [-0.39, 0.29) is 11.9 Å². The number of amides is 1. The highest BCUT2D eigenvalue weighted by atomic mass is 16.5. The molecule has 1 aliphatic heterocycles. The summed E-state index contributed by atoms with van der Waals surface area (Å²) in [7, 11) is 1.67. The maximum atomic E-state index is 12.3. The van der Waals surface area contributed by atoms with E-state index in [4.69, 9.17) is 9.72 Å². The van der Waals surface area contributed by atoms with Gasteiger partial charge in [-0.15, -0.1) is 0 Å². The largest absolute Gasteiger partial charge is 0.497 e. The first-order chi connectivity index (χ1) is 13.2. The Morgan fingerprint density at radius 3 is 2.63 bits per heavy atom. The van der Waals surface area contributed by atoms with E-state index in [0.29, 0.717) is 5.56 Å². The number of hydrogen-bond acceptors (Lipinski definition) is 5. The van der Waals surface area contributed by atoms with E-state index in [1.165, 1.54) is 0 Å². The number of hydrogen-bond donors (Lipinski definition) is 1. The second kappa shape index (κ2) is 7.61. The van der Waals surface area contributed by atoms with Gasteiger partial charge in [-0.2, -0.15) is 0 Å². The summed E-state index contributed by atoms with van der Waals surface area (Å²) in [5, 5.41) is 4.19. The number of carbonyl (C=O) groups is 1. The van der Waals surface area contributed by atoms with Gasteiger partial charge in [0.05, 0.1) is 12.6 Å². The van der Waals surface area contributed by atoms with Gasteiger partial charge in [0.1, 0.15) is 11.6 Å². The first-order valence-electron chi connectivity index (χ1n) is 9.13. The van der Waals surface area contributed by atoms with Crippen LogP contribution in [0.3, 0.4) is 0 Å². The second-order valence-electron chi connectivity index (χ2n) is 6.70. The number of anilines is 1. The molecule has 27 heavy (non-hydrogen) atoms. The van der Waals surface area contributed by atoms with Gasteiger partial charge in [0.15, 0.2) is 0 Å². The number of nitrogens with one attached hydrogen (secondary N) is 1. The highest BCUT2D eigenvalue weighted by Crippen LogP contribution is 2.24. The smallest absolute Gasteiger partial charge is 0.251 e. The summed E-state index contributed by atoms with van der Waals surface area (Å²) in [6, 6.07) is 13.7. The molecule has 1 saturated heterocycles. The summed E-state index contributed by atoms with van der Waals surface area (Å²) in [4.78, 5) is 23.3. The number of fused-ring (bicyclic) bond motifs is 1. The Labute approximate surface area is 158 Å². The quantitative estimate of drug-likeness (QED) is 0.773. The van der Waals surface area contributed by atoms with Crippen LogP contribution in [0.5, 0.6) is 5.75 Å². The van der Waals surface area contributed by atoms with Crippen molar-refractivity contribution >= 4 is 22.6 Å². The first-order valence-corrected chi connectivity index (χ1v) is 9.13. The molecule has 0 radical (unpaired) electrons. The molecular formula is C21H22N4O2. The molecule has 0 atom stereocenters. The predicted octanol–water partition coefficient (Wildman–Crippen LogP) is 3.04. The van der Waals surface area contributed by atoms with Gasteiger partial charge in [0, 0.05) is 42.5 Å². The average molecular weight is 362 g/mol. The Hall–Kier alpha value is -3.15. The Balaban J connectivity index is 1.39. The number of methoxy groups -OCH3 is 1. The summed E-state index contributed by atoms with van der Waals surface area (Å²) in [5.74, 6) is 1.78. The monoisotopic (exact) mass is 362 g/mol. The number of pyridine rings is 2. The standard InChI is InChI=1S/C21H22N4O2/c1-27-18-3-4-19-16(14-18)2-5-20(24-19)25-12-8-17(9-13-25)23-21(26)15-6-10-22-11-7-15/h2-7,10-11,14,17H,8-9,12-13H2,1H3,(H,23,26). The molecule has 0 spiro atoms. The summed E-state index contributed by atoms with van der Waals surface area (Å²) in [6.07, 6.45) is 5.08. The fraction of sp³-hybridized carbons (Fsp3) is 0.286. The van der Waals surface area contributed by atoms with Crippen molar-refractivity contribution in [3.8, 4) is 5.75 Å². The lowest BCUT2D eigenvalue weighted by atomic mass is 10.0. The minimum atomic E-state index is -0.0337. The van der Waals surface area contributed by atoms with Crippen LogP contribution in [0.15, 0.2) is 54.9 Å². The summed E-state index contributed by atoms with van der Waals surface area (Å²) in [6.45, 7) is 1.74. The third-order valence-electron chi connectivity index (χ3n) is 4.98. The highest BCUT2D eigenvalue weighted by molar-refractivity contribution is 5.94. The molecule has 1 aromatic carbocycles. The Kier molecular flexibility index (Phi) is 4.87. The number of nitrogens with zero attached hydrogens (tertiary/aromatic N) is 3. The number of carbonyl (C=O) groups excluding carboxylic acids is 1. The van der Waals surface area contributed by atoms with E-state index >= 15 is 0 Å². The van der Waals surface area contributed by atoms with Gasteiger partial charge < -0.3 is 15.0 Å². The molecule has 1 amide bonds. The third kappa shape index (κ3) is 3.84. The van der Waals surface area contributed by atoms with E-state index in [0.717, 1.165) is 48.4 Å². The summed E-state index contributed by atoms with van der Waals surface area (Å²) >= 11 is 0. The molecule has 1 N–H and O–H groups in total. The molecule has 6 heteroatoms. The van der Waals surface area contributed by atoms with Crippen LogP contribution in [0.1, 0.15) is 23.2 Å². The molecule has 0 unspecified atom stereocenters. The lowest BCUT2D eigenvalue weighted by Crippen LogP contribution is -2.45. The van der Waals surface area contributed by atoms with Crippen molar-refractivity contribution in [3.05, 3.63) is 60.4 Å². The SMILES string of the molecule is COc1ccc2nc(N3CCC(NC(=O)c4ccncc4)CC3)ccc2c1. The zero-order valence-electron chi connectivity index (χ0n) is 15.3. The van der Waals surface area contributed by atoms with Crippen LogP contribution in [0.25, 0.3) is 10.9 Å². The van der Waals surface area contributed by atoms with Crippen LogP contribution in [0, 0.1) is 0 Å². The first kappa shape index (κ1) is 17.3. The average Bonchev–Trinajstić information content (AvgIpc) is 2.74. The molecule has 2 aromatic heterocycles. The zero-order valence-corrected chi connectivity index (χ0v) is 15.3. The summed E-state index contributed by atoms with van der Waals surface area (Å²) in [5.41, 5.74) is 1.61. The maximum absolute atomic E-state index is 12.3. The van der Waals surface area contributed by atoms with Crippen LogP contribution in [0.4, 0.5) is 5.82 Å². The van der Waals surface area contributed by atoms with Crippen molar-refractivity contribution in [2.45, 2.75) is 18.9 Å². The van der Waals surface area contributed by atoms with Crippen molar-refractivity contribution in [1.29, 1.82) is 0 Å².